The summed E-state index contributed by atoms with van der Waals surface area (Å²) in [5.74, 6) is 0. The average molecular weight is 221 g/mol. The zero-order valence-corrected chi connectivity index (χ0v) is 9.63. The molecule has 3 nitrogen and oxygen atoms in total. The number of β-amino-alcohol motifs (C(OH)–C–C–N with tert-alkyl or cyclic N) is 1. The summed E-state index contributed by atoms with van der Waals surface area (Å²) < 4.78 is 0. The maximum atomic E-state index is 9.60. The first kappa shape index (κ1) is 11.4. The van der Waals surface area contributed by atoms with E-state index < -0.39 is 6.10 Å². The van der Waals surface area contributed by atoms with Crippen molar-refractivity contribution in [3.8, 4) is 0 Å². The van der Waals surface area contributed by atoms with Crippen molar-refractivity contribution in [2.45, 2.75) is 32.0 Å². The lowest BCUT2D eigenvalue weighted by Gasteiger charge is -2.32. The third-order valence-corrected chi connectivity index (χ3v) is 3.14. The zero-order chi connectivity index (χ0) is 11.5. The fourth-order valence-corrected chi connectivity index (χ4v) is 2.15. The molecule has 3 heteroatoms. The number of anilines is 1. The Morgan fingerprint density at radius 2 is 2.00 bits per heavy atom. The minimum Gasteiger partial charge on any atom is -0.391 e. The van der Waals surface area contributed by atoms with E-state index in [1.807, 2.05) is 24.3 Å². The number of aliphatic hydroxyl groups is 2. The van der Waals surface area contributed by atoms with Crippen LogP contribution in [0.2, 0.25) is 0 Å². The average Bonchev–Trinajstić information content (AvgIpc) is 2.29. The Morgan fingerprint density at radius 3 is 2.56 bits per heavy atom. The van der Waals surface area contributed by atoms with E-state index in [2.05, 4.69) is 4.90 Å². The van der Waals surface area contributed by atoms with Crippen LogP contribution in [0.4, 0.5) is 5.69 Å². The molecule has 1 aliphatic rings. The van der Waals surface area contributed by atoms with Crippen LogP contribution >= 0.6 is 0 Å². The van der Waals surface area contributed by atoms with Gasteiger partial charge < -0.3 is 15.1 Å². The molecule has 0 saturated carbocycles. The standard InChI is InChI=1S/C13H19NO2/c1-10(15)11-4-6-12(7-5-11)14-8-2-3-13(16)9-14/h4-7,10,13,15-16H,2-3,8-9H2,1H3/t10-,13?/m1/s1. The molecule has 1 aromatic carbocycles. The molecule has 2 atom stereocenters. The third kappa shape index (κ3) is 2.54. The van der Waals surface area contributed by atoms with Gasteiger partial charge in [0.1, 0.15) is 0 Å². The van der Waals surface area contributed by atoms with Gasteiger partial charge in [-0.1, -0.05) is 12.1 Å². The molecule has 1 aromatic rings. The predicted octanol–water partition coefficient (Wildman–Crippen LogP) is 1.70. The van der Waals surface area contributed by atoms with E-state index in [9.17, 15) is 10.2 Å². The number of benzene rings is 1. The van der Waals surface area contributed by atoms with Gasteiger partial charge in [-0.3, -0.25) is 0 Å². The van der Waals surface area contributed by atoms with Crippen molar-refractivity contribution in [3.05, 3.63) is 29.8 Å². The Hall–Kier alpha value is -1.06. The van der Waals surface area contributed by atoms with Gasteiger partial charge in [-0.25, -0.2) is 0 Å². The molecule has 2 rings (SSSR count). The van der Waals surface area contributed by atoms with Crippen LogP contribution in [0.25, 0.3) is 0 Å². The number of hydrogen-bond acceptors (Lipinski definition) is 3. The monoisotopic (exact) mass is 221 g/mol. The van der Waals surface area contributed by atoms with E-state index in [1.54, 1.807) is 6.92 Å². The Balaban J connectivity index is 2.09. The normalized spacial score (nSPS) is 23.2. The van der Waals surface area contributed by atoms with Gasteiger partial charge >= 0.3 is 0 Å². The second-order valence-corrected chi connectivity index (χ2v) is 4.51. The van der Waals surface area contributed by atoms with Crippen molar-refractivity contribution in [2.24, 2.45) is 0 Å². The van der Waals surface area contributed by atoms with Crippen molar-refractivity contribution in [1.29, 1.82) is 0 Å². The van der Waals surface area contributed by atoms with Crippen molar-refractivity contribution >= 4 is 5.69 Å². The summed E-state index contributed by atoms with van der Waals surface area (Å²) in [6.45, 7) is 3.48. The van der Waals surface area contributed by atoms with Gasteiger partial charge in [-0.05, 0) is 37.5 Å². The van der Waals surface area contributed by atoms with Crippen LogP contribution in [-0.4, -0.2) is 29.4 Å². The molecule has 88 valence electrons. The molecular weight excluding hydrogens is 202 g/mol. The highest BCUT2D eigenvalue weighted by molar-refractivity contribution is 5.48. The van der Waals surface area contributed by atoms with Crippen LogP contribution in [0.3, 0.4) is 0 Å². The maximum Gasteiger partial charge on any atom is 0.0761 e. The molecule has 0 radical (unpaired) electrons. The highest BCUT2D eigenvalue weighted by Crippen LogP contribution is 2.22. The number of aliphatic hydroxyl groups excluding tert-OH is 2. The lowest BCUT2D eigenvalue weighted by molar-refractivity contribution is 0.154. The van der Waals surface area contributed by atoms with E-state index >= 15 is 0 Å². The molecule has 0 aliphatic carbocycles. The molecule has 1 fully saturated rings. The maximum absolute atomic E-state index is 9.60. The molecule has 0 amide bonds. The van der Waals surface area contributed by atoms with E-state index in [0.29, 0.717) is 6.54 Å². The first-order valence-corrected chi connectivity index (χ1v) is 5.88. The number of rotatable bonds is 2. The van der Waals surface area contributed by atoms with Crippen LogP contribution in [0, 0.1) is 0 Å². The summed E-state index contributed by atoms with van der Waals surface area (Å²) in [6, 6.07) is 7.92. The van der Waals surface area contributed by atoms with Crippen LogP contribution in [0.1, 0.15) is 31.4 Å². The summed E-state index contributed by atoms with van der Waals surface area (Å²) >= 11 is 0. The number of piperidine rings is 1. The molecule has 1 unspecified atom stereocenters. The van der Waals surface area contributed by atoms with Gasteiger partial charge in [0.25, 0.3) is 0 Å². The molecule has 1 heterocycles. The van der Waals surface area contributed by atoms with Gasteiger partial charge in [0.15, 0.2) is 0 Å². The summed E-state index contributed by atoms with van der Waals surface area (Å²) in [5, 5.41) is 19.0. The molecular formula is C13H19NO2. The first-order valence-electron chi connectivity index (χ1n) is 5.88. The van der Waals surface area contributed by atoms with Gasteiger partial charge in [0, 0.05) is 18.8 Å². The Labute approximate surface area is 96.3 Å². The zero-order valence-electron chi connectivity index (χ0n) is 9.63. The fraction of sp³-hybridized carbons (Fsp3) is 0.538. The Morgan fingerprint density at radius 1 is 1.31 bits per heavy atom. The summed E-state index contributed by atoms with van der Waals surface area (Å²) in [5.41, 5.74) is 2.06. The minimum atomic E-state index is -0.416. The Kier molecular flexibility index (Phi) is 3.46. The smallest absolute Gasteiger partial charge is 0.0761 e. The Bertz CT molecular complexity index is 334. The highest BCUT2D eigenvalue weighted by atomic mass is 16.3. The molecule has 0 bridgehead atoms. The van der Waals surface area contributed by atoms with Crippen molar-refractivity contribution < 1.29 is 10.2 Å². The minimum absolute atomic E-state index is 0.204. The molecule has 2 N–H and O–H groups in total. The molecule has 16 heavy (non-hydrogen) atoms. The topological polar surface area (TPSA) is 43.7 Å². The quantitative estimate of drug-likeness (QED) is 0.799. The SMILES string of the molecule is C[C@@H](O)c1ccc(N2CCCC(O)C2)cc1. The van der Waals surface area contributed by atoms with Crippen molar-refractivity contribution in [1.82, 2.24) is 0 Å². The van der Waals surface area contributed by atoms with E-state index in [4.69, 9.17) is 0 Å². The van der Waals surface area contributed by atoms with Crippen molar-refractivity contribution in [3.63, 3.8) is 0 Å². The summed E-state index contributed by atoms with van der Waals surface area (Å²) in [6.07, 6.45) is 1.33. The molecule has 1 aliphatic heterocycles. The fourth-order valence-electron chi connectivity index (χ4n) is 2.15. The first-order chi connectivity index (χ1) is 7.66. The van der Waals surface area contributed by atoms with E-state index in [0.717, 1.165) is 30.6 Å². The second kappa shape index (κ2) is 4.85. The van der Waals surface area contributed by atoms with Crippen LogP contribution < -0.4 is 4.90 Å². The van der Waals surface area contributed by atoms with Crippen LogP contribution in [0.15, 0.2) is 24.3 Å². The molecule has 1 saturated heterocycles. The lowest BCUT2D eigenvalue weighted by Crippen LogP contribution is -2.38. The van der Waals surface area contributed by atoms with E-state index in [1.165, 1.54) is 0 Å². The summed E-state index contributed by atoms with van der Waals surface area (Å²) in [4.78, 5) is 2.19. The number of nitrogens with zero attached hydrogens (tertiary/aromatic N) is 1. The number of hydrogen-bond donors (Lipinski definition) is 2. The molecule has 0 spiro atoms. The predicted molar refractivity (Wildman–Crippen MR) is 64.5 cm³/mol. The second-order valence-electron chi connectivity index (χ2n) is 4.51. The van der Waals surface area contributed by atoms with Gasteiger partial charge in [-0.15, -0.1) is 0 Å². The molecule has 0 aromatic heterocycles. The van der Waals surface area contributed by atoms with Gasteiger partial charge in [-0.2, -0.15) is 0 Å². The van der Waals surface area contributed by atoms with Crippen LogP contribution in [0.5, 0.6) is 0 Å². The van der Waals surface area contributed by atoms with Crippen molar-refractivity contribution in [2.75, 3.05) is 18.0 Å². The summed E-state index contributed by atoms with van der Waals surface area (Å²) in [7, 11) is 0. The van der Waals surface area contributed by atoms with E-state index in [-0.39, 0.29) is 6.10 Å². The lowest BCUT2D eigenvalue weighted by atomic mass is 10.1. The van der Waals surface area contributed by atoms with Gasteiger partial charge in [0.05, 0.1) is 12.2 Å². The van der Waals surface area contributed by atoms with Gasteiger partial charge in [0.2, 0.25) is 0 Å². The largest absolute Gasteiger partial charge is 0.391 e. The third-order valence-electron chi connectivity index (χ3n) is 3.14. The highest BCUT2D eigenvalue weighted by Gasteiger charge is 2.17. The van der Waals surface area contributed by atoms with Crippen LogP contribution in [-0.2, 0) is 0 Å².